The summed E-state index contributed by atoms with van der Waals surface area (Å²) >= 11 is 0. The molecule has 1 aromatic carbocycles. The molecule has 1 aromatic heterocycles. The minimum absolute atomic E-state index is 0.0136. The quantitative estimate of drug-likeness (QED) is 0.666. The Morgan fingerprint density at radius 1 is 1.19 bits per heavy atom. The number of hydrogen-bond acceptors (Lipinski definition) is 6. The molecule has 2 aromatic rings. The molecule has 9 nitrogen and oxygen atoms in total. The number of hydrogen-bond donors (Lipinski definition) is 2. The van der Waals surface area contributed by atoms with Gasteiger partial charge in [0.1, 0.15) is 5.82 Å². The predicted molar refractivity (Wildman–Crippen MR) is 125 cm³/mol. The van der Waals surface area contributed by atoms with Crippen molar-refractivity contribution in [3.05, 3.63) is 56.7 Å². The van der Waals surface area contributed by atoms with Crippen molar-refractivity contribution >= 4 is 17.4 Å². The second-order valence-corrected chi connectivity index (χ2v) is 8.91. The smallest absolute Gasteiger partial charge is 0.330 e. The lowest BCUT2D eigenvalue weighted by atomic mass is 10.1. The summed E-state index contributed by atoms with van der Waals surface area (Å²) < 4.78 is 7.05. The van der Waals surface area contributed by atoms with Crippen molar-refractivity contribution in [3.63, 3.8) is 0 Å². The third-order valence-corrected chi connectivity index (χ3v) is 5.37. The van der Waals surface area contributed by atoms with Crippen LogP contribution < -0.4 is 21.9 Å². The van der Waals surface area contributed by atoms with E-state index in [0.29, 0.717) is 19.6 Å². The highest BCUT2D eigenvalue weighted by Gasteiger charge is 2.29. The SMILES string of the molecule is CC(C)CN(C(=O)CN1C[C@@H](C)O[C@@H](C)C1)c1c(N)n(Cc2ccccc2)c(=O)[nH]c1=O. The molecule has 1 aliphatic rings. The highest BCUT2D eigenvalue weighted by atomic mass is 16.5. The van der Waals surface area contributed by atoms with E-state index in [2.05, 4.69) is 4.98 Å². The largest absolute Gasteiger partial charge is 0.383 e. The molecule has 3 rings (SSSR count). The van der Waals surface area contributed by atoms with E-state index in [1.807, 2.05) is 62.9 Å². The van der Waals surface area contributed by atoms with Crippen LogP contribution in [-0.4, -0.2) is 58.7 Å². The highest BCUT2D eigenvalue weighted by molar-refractivity contribution is 5.96. The van der Waals surface area contributed by atoms with Gasteiger partial charge in [0.2, 0.25) is 5.91 Å². The number of carbonyl (C=O) groups excluding carboxylic acids is 1. The van der Waals surface area contributed by atoms with Crippen LogP contribution in [0.5, 0.6) is 0 Å². The van der Waals surface area contributed by atoms with Crippen molar-refractivity contribution in [1.82, 2.24) is 14.5 Å². The average molecular weight is 444 g/mol. The maximum Gasteiger partial charge on any atom is 0.330 e. The van der Waals surface area contributed by atoms with Gasteiger partial charge in [-0.25, -0.2) is 4.79 Å². The molecule has 1 aliphatic heterocycles. The molecule has 0 saturated carbocycles. The van der Waals surface area contributed by atoms with Gasteiger partial charge in [0, 0.05) is 19.6 Å². The first kappa shape index (κ1) is 23.7. The lowest BCUT2D eigenvalue weighted by molar-refractivity contribution is -0.123. The maximum absolute atomic E-state index is 13.4. The Bertz CT molecular complexity index is 1040. The molecule has 1 amide bonds. The van der Waals surface area contributed by atoms with Gasteiger partial charge in [-0.1, -0.05) is 44.2 Å². The zero-order valence-corrected chi connectivity index (χ0v) is 19.2. The summed E-state index contributed by atoms with van der Waals surface area (Å²) in [5.74, 6) is -0.155. The second-order valence-electron chi connectivity index (χ2n) is 8.91. The van der Waals surface area contributed by atoms with Gasteiger partial charge >= 0.3 is 5.69 Å². The predicted octanol–water partition coefficient (Wildman–Crippen LogP) is 1.27. The number of H-pyrrole nitrogens is 1. The molecule has 2 atom stereocenters. The van der Waals surface area contributed by atoms with Crippen LogP contribution in [0.3, 0.4) is 0 Å². The number of carbonyl (C=O) groups is 1. The molecule has 0 spiro atoms. The van der Waals surface area contributed by atoms with E-state index in [4.69, 9.17) is 10.5 Å². The van der Waals surface area contributed by atoms with Gasteiger partial charge in [-0.2, -0.15) is 0 Å². The Hall–Kier alpha value is -2.91. The molecule has 0 radical (unpaired) electrons. The maximum atomic E-state index is 13.4. The van der Waals surface area contributed by atoms with Gasteiger partial charge in [-0.15, -0.1) is 0 Å². The summed E-state index contributed by atoms with van der Waals surface area (Å²) in [6.07, 6.45) is 0.0395. The molecule has 174 valence electrons. The van der Waals surface area contributed by atoms with Gasteiger partial charge in [0.25, 0.3) is 5.56 Å². The number of morpholine rings is 1. The fourth-order valence-electron chi connectivity index (χ4n) is 4.13. The molecular weight excluding hydrogens is 410 g/mol. The number of nitrogens with zero attached hydrogens (tertiary/aromatic N) is 3. The summed E-state index contributed by atoms with van der Waals surface area (Å²) in [6.45, 7) is 9.77. The third-order valence-electron chi connectivity index (χ3n) is 5.37. The van der Waals surface area contributed by atoms with Crippen molar-refractivity contribution < 1.29 is 9.53 Å². The molecule has 0 aliphatic carbocycles. The summed E-state index contributed by atoms with van der Waals surface area (Å²) in [6, 6.07) is 9.34. The van der Waals surface area contributed by atoms with Crippen molar-refractivity contribution in [1.29, 1.82) is 0 Å². The van der Waals surface area contributed by atoms with Crippen LogP contribution in [0.1, 0.15) is 33.3 Å². The van der Waals surface area contributed by atoms with Gasteiger partial charge in [0.15, 0.2) is 5.69 Å². The molecule has 3 N–H and O–H groups in total. The van der Waals surface area contributed by atoms with E-state index in [9.17, 15) is 14.4 Å². The van der Waals surface area contributed by atoms with Crippen LogP contribution in [0, 0.1) is 5.92 Å². The normalized spacial score (nSPS) is 19.3. The van der Waals surface area contributed by atoms with Gasteiger partial charge in [-0.05, 0) is 25.3 Å². The standard InChI is InChI=1S/C23H33N5O4/c1-15(2)10-27(19(29)14-26-11-16(3)32-17(4)12-26)20-21(24)28(23(31)25-22(20)30)13-18-8-6-5-7-9-18/h5-9,15-17H,10-14,24H2,1-4H3,(H,25,30,31)/t16-,17+. The van der Waals surface area contributed by atoms with Crippen LogP contribution in [0.15, 0.2) is 39.9 Å². The number of nitrogen functional groups attached to an aromatic ring is 1. The van der Waals surface area contributed by atoms with Crippen molar-refractivity contribution in [3.8, 4) is 0 Å². The van der Waals surface area contributed by atoms with E-state index >= 15 is 0 Å². The summed E-state index contributed by atoms with van der Waals surface area (Å²) in [4.78, 5) is 44.5. The summed E-state index contributed by atoms with van der Waals surface area (Å²) in [7, 11) is 0. The minimum atomic E-state index is -0.658. The zero-order chi connectivity index (χ0) is 23.4. The zero-order valence-electron chi connectivity index (χ0n) is 19.2. The molecule has 0 unspecified atom stereocenters. The van der Waals surface area contributed by atoms with Gasteiger partial charge < -0.3 is 15.4 Å². The topological polar surface area (TPSA) is 114 Å². The number of nitrogens with two attached hydrogens (primary N) is 1. The Labute approximate surface area is 187 Å². The Morgan fingerprint density at radius 2 is 1.81 bits per heavy atom. The van der Waals surface area contributed by atoms with Crippen LogP contribution >= 0.6 is 0 Å². The number of nitrogens with one attached hydrogen (secondary N) is 1. The highest BCUT2D eigenvalue weighted by Crippen LogP contribution is 2.20. The number of amides is 1. The van der Waals surface area contributed by atoms with Gasteiger partial charge in [0.05, 0.1) is 25.3 Å². The third kappa shape index (κ3) is 5.66. The molecule has 32 heavy (non-hydrogen) atoms. The van der Waals surface area contributed by atoms with Crippen molar-refractivity contribution in [2.24, 2.45) is 5.92 Å². The number of ether oxygens (including phenoxy) is 1. The monoisotopic (exact) mass is 443 g/mol. The van der Waals surface area contributed by atoms with E-state index in [1.165, 1.54) is 9.47 Å². The first-order valence-electron chi connectivity index (χ1n) is 11.0. The number of aromatic amines is 1. The number of anilines is 2. The van der Waals surface area contributed by atoms with Crippen LogP contribution in [0.4, 0.5) is 11.5 Å². The molecule has 0 bridgehead atoms. The molecule has 9 heteroatoms. The van der Waals surface area contributed by atoms with Crippen LogP contribution in [0.25, 0.3) is 0 Å². The fraction of sp³-hybridized carbons (Fsp3) is 0.522. The first-order chi connectivity index (χ1) is 15.2. The van der Waals surface area contributed by atoms with Crippen molar-refractivity contribution in [2.75, 3.05) is 36.8 Å². The molecule has 1 fully saturated rings. The van der Waals surface area contributed by atoms with E-state index in [-0.39, 0.29) is 48.6 Å². The first-order valence-corrected chi connectivity index (χ1v) is 11.0. The Kier molecular flexibility index (Phi) is 7.52. The summed E-state index contributed by atoms with van der Waals surface area (Å²) in [5, 5.41) is 0. The second kappa shape index (κ2) is 10.1. The number of aromatic nitrogens is 2. The molecule has 1 saturated heterocycles. The van der Waals surface area contributed by atoms with E-state index in [1.54, 1.807) is 0 Å². The van der Waals surface area contributed by atoms with Gasteiger partial charge in [-0.3, -0.25) is 24.0 Å². The van der Waals surface area contributed by atoms with Crippen LogP contribution in [-0.2, 0) is 16.1 Å². The number of benzene rings is 1. The van der Waals surface area contributed by atoms with Crippen molar-refractivity contribution in [2.45, 2.75) is 46.4 Å². The fourth-order valence-corrected chi connectivity index (χ4v) is 4.13. The minimum Gasteiger partial charge on any atom is -0.383 e. The lowest BCUT2D eigenvalue weighted by Crippen LogP contribution is -2.51. The average Bonchev–Trinajstić information content (AvgIpc) is 2.70. The van der Waals surface area contributed by atoms with E-state index in [0.717, 1.165) is 5.56 Å². The van der Waals surface area contributed by atoms with Crippen LogP contribution in [0.2, 0.25) is 0 Å². The molecular formula is C23H33N5O4. The molecule has 2 heterocycles. The Morgan fingerprint density at radius 3 is 2.41 bits per heavy atom. The summed E-state index contributed by atoms with van der Waals surface area (Å²) in [5.41, 5.74) is 5.96. The number of rotatable bonds is 7. The van der Waals surface area contributed by atoms with E-state index < -0.39 is 11.2 Å². The Balaban J connectivity index is 1.96. The lowest BCUT2D eigenvalue weighted by Gasteiger charge is -2.36.